The van der Waals surface area contributed by atoms with Gasteiger partial charge in [0, 0.05) is 18.8 Å². The standard InChI is InChI=1S/C19H18P.C9H14O.C5H10.C2H3O.C2H5.C2H2.CHO.Fe.H2S/c1-20(17-11-5-2-6-12-17,18-13-7-3-8-14-18)19-15-9-4-10-16-19;1-4-5-6-7-8(2)9(3)10;1-2-4-5-3-1;1-2-3;3*1-2;;/h2-16H,1H3;8H,4,7H2,1-3H3;1-5H2;1H3;1H2,2H3;1-2H;1H;;1H2/q+1;;;2*-1;;-1;+3;/t;8-;;;;;;;/m.0......./s1. The molecule has 1 atom stereocenters. The largest absolute Gasteiger partial charge is 3.00 e. The second kappa shape index (κ2) is 38.3. The van der Waals surface area contributed by atoms with E-state index in [2.05, 4.69) is 136 Å². The Bertz CT molecular complexity index is 1050. The molecule has 0 bridgehead atoms. The molecule has 1 saturated carbocycles. The van der Waals surface area contributed by atoms with Gasteiger partial charge in [-0.1, -0.05) is 101 Å². The zero-order chi connectivity index (χ0) is 34.1. The van der Waals surface area contributed by atoms with E-state index in [0.717, 1.165) is 6.42 Å². The van der Waals surface area contributed by atoms with Crippen LogP contribution in [0.4, 0.5) is 0 Å². The SMILES string of the molecule is C#C.C1CCCC1.CCC#CC[C@H](C)C(C)=O.C[C-]=O.C[P+](c1ccccc1)(c1ccccc1)c1ccccc1.S.[CH-]=O.[CH2-]C.[Fe+3]. The summed E-state index contributed by atoms with van der Waals surface area (Å²) < 4.78 is 0. The first-order valence-electron chi connectivity index (χ1n) is 15.0. The number of hydrogen-bond donors (Lipinski definition) is 0. The van der Waals surface area contributed by atoms with Crippen molar-refractivity contribution in [3.63, 3.8) is 0 Å². The van der Waals surface area contributed by atoms with E-state index in [9.17, 15) is 4.79 Å². The molecule has 0 aliphatic heterocycles. The Hall–Kier alpha value is -2.91. The molecule has 0 unspecified atom stereocenters. The molecule has 0 heterocycles. The Kier molecular flexibility index (Phi) is 43.8. The van der Waals surface area contributed by atoms with Gasteiger partial charge < -0.3 is 16.5 Å². The zero-order valence-electron chi connectivity index (χ0n) is 28.7. The van der Waals surface area contributed by atoms with Crippen LogP contribution in [0, 0.1) is 37.5 Å². The first-order chi connectivity index (χ1) is 21.4. The second-order valence-electron chi connectivity index (χ2n) is 9.41. The molecule has 1 aliphatic carbocycles. The zero-order valence-corrected chi connectivity index (χ0v) is 31.7. The molecule has 1 aliphatic rings. The molecule has 0 spiro atoms. The van der Waals surface area contributed by atoms with Crippen molar-refractivity contribution < 1.29 is 31.5 Å². The van der Waals surface area contributed by atoms with Crippen molar-refractivity contribution in [3.8, 4) is 24.7 Å². The number of Topliss-reactive ketones (excluding diaryl/α,β-unsaturated/α-hetero) is 1. The van der Waals surface area contributed by atoms with Crippen LogP contribution in [0.1, 0.15) is 79.6 Å². The summed E-state index contributed by atoms with van der Waals surface area (Å²) >= 11 is 0. The van der Waals surface area contributed by atoms with E-state index in [1.165, 1.54) is 61.2 Å². The van der Waals surface area contributed by atoms with E-state index in [0.29, 0.717) is 6.42 Å². The van der Waals surface area contributed by atoms with Gasteiger partial charge in [0.1, 0.15) is 29.0 Å². The van der Waals surface area contributed by atoms with Gasteiger partial charge >= 0.3 is 17.1 Å². The maximum atomic E-state index is 10.7. The van der Waals surface area contributed by atoms with Crippen LogP contribution in [0.2, 0.25) is 0 Å². The third-order valence-electron chi connectivity index (χ3n) is 6.47. The number of carbonyl (C=O) groups excluding carboxylic acids is 3. The van der Waals surface area contributed by atoms with Crippen molar-refractivity contribution >= 4 is 55.5 Å². The van der Waals surface area contributed by atoms with Gasteiger partial charge in [0.25, 0.3) is 0 Å². The summed E-state index contributed by atoms with van der Waals surface area (Å²) in [6.45, 7) is 17.5. The number of ketones is 1. The first-order valence-corrected chi connectivity index (χ1v) is 17.2. The molecule has 3 aromatic rings. The summed E-state index contributed by atoms with van der Waals surface area (Å²) in [5.41, 5.74) is 0. The minimum Gasteiger partial charge on any atom is -0.545 e. The van der Waals surface area contributed by atoms with Gasteiger partial charge in [-0.25, -0.2) is 0 Å². The van der Waals surface area contributed by atoms with Crippen LogP contribution < -0.4 is 15.9 Å². The van der Waals surface area contributed by atoms with E-state index in [1.54, 1.807) is 13.8 Å². The summed E-state index contributed by atoms with van der Waals surface area (Å²) in [6, 6.07) is 32.6. The fourth-order valence-corrected chi connectivity index (χ4v) is 7.20. The van der Waals surface area contributed by atoms with Crippen LogP contribution in [-0.4, -0.2) is 25.5 Å². The van der Waals surface area contributed by atoms with Crippen LogP contribution in [0.25, 0.3) is 0 Å². The molecule has 0 amide bonds. The van der Waals surface area contributed by atoms with Gasteiger partial charge in [0.15, 0.2) is 0 Å². The molecule has 3 nitrogen and oxygen atoms in total. The van der Waals surface area contributed by atoms with Crippen LogP contribution >= 0.6 is 20.8 Å². The quantitative estimate of drug-likeness (QED) is 0.0880. The minimum absolute atomic E-state index is 0. The number of hydrogen-bond acceptors (Lipinski definition) is 3. The Balaban J connectivity index is -0.000000182. The monoisotopic (exact) mass is 702 g/mol. The summed E-state index contributed by atoms with van der Waals surface area (Å²) in [5.74, 6) is 6.21. The number of rotatable bonds is 5. The number of benzene rings is 3. The van der Waals surface area contributed by atoms with Crippen LogP contribution in [0.15, 0.2) is 91.0 Å². The van der Waals surface area contributed by atoms with Gasteiger partial charge in [0.05, 0.1) is 6.66 Å². The molecule has 0 saturated heterocycles. The molecule has 46 heavy (non-hydrogen) atoms. The third-order valence-corrected chi connectivity index (χ3v) is 10.5. The van der Waals surface area contributed by atoms with Gasteiger partial charge in [-0.2, -0.15) is 27.3 Å². The predicted octanol–water partition coefficient (Wildman–Crippen LogP) is 8.62. The Labute approximate surface area is 300 Å². The summed E-state index contributed by atoms with van der Waals surface area (Å²) in [5, 5.41) is 4.28. The summed E-state index contributed by atoms with van der Waals surface area (Å²) in [6.07, 6.45) is 18.6. The Morgan fingerprint density at radius 2 is 1.07 bits per heavy atom. The second-order valence-corrected chi connectivity index (χ2v) is 13.0. The van der Waals surface area contributed by atoms with Crippen molar-refractivity contribution in [2.75, 3.05) is 6.66 Å². The molecular weight excluding hydrogens is 647 g/mol. The topological polar surface area (TPSA) is 51.2 Å². The number of carbonyl (C=O) groups is 1. The normalized spacial score (nSPS) is 10.5. The van der Waals surface area contributed by atoms with Crippen molar-refractivity contribution in [1.29, 1.82) is 0 Å². The first kappa shape index (κ1) is 52.6. The summed E-state index contributed by atoms with van der Waals surface area (Å²) in [7, 11) is -1.53. The van der Waals surface area contributed by atoms with Gasteiger partial charge in [0.2, 0.25) is 0 Å². The molecule has 0 N–H and O–H groups in total. The maximum absolute atomic E-state index is 10.7. The smallest absolute Gasteiger partial charge is 0.545 e. The van der Waals surface area contributed by atoms with Crippen molar-refractivity contribution in [1.82, 2.24) is 0 Å². The fraction of sp³-hybridized carbons (Fsp3) is 0.350. The molecular formula is C40H55FeO3PS+. The third kappa shape index (κ3) is 23.4. The minimum atomic E-state index is -1.53. The fourth-order valence-electron chi connectivity index (χ4n) is 4.00. The van der Waals surface area contributed by atoms with Crippen LogP contribution in [0.3, 0.4) is 0 Å². The van der Waals surface area contributed by atoms with E-state index >= 15 is 0 Å². The molecule has 4 rings (SSSR count). The Morgan fingerprint density at radius 3 is 1.28 bits per heavy atom. The average molecular weight is 703 g/mol. The maximum Gasteiger partial charge on any atom is 3.00 e. The molecule has 0 aromatic heterocycles. The number of terminal acetylenes is 1. The summed E-state index contributed by atoms with van der Waals surface area (Å²) in [4.78, 5) is 27.1. The predicted molar refractivity (Wildman–Crippen MR) is 206 cm³/mol. The van der Waals surface area contributed by atoms with Crippen LogP contribution in [0.5, 0.6) is 0 Å². The van der Waals surface area contributed by atoms with E-state index in [-0.39, 0.29) is 42.3 Å². The van der Waals surface area contributed by atoms with Gasteiger partial charge in [-0.3, -0.25) is 17.9 Å². The van der Waals surface area contributed by atoms with Crippen molar-refractivity contribution in [2.24, 2.45) is 5.92 Å². The molecule has 251 valence electrons. The Morgan fingerprint density at radius 1 is 0.804 bits per heavy atom. The molecule has 1 radical (unpaired) electrons. The van der Waals surface area contributed by atoms with Gasteiger partial charge in [-0.15, -0.1) is 24.7 Å². The molecule has 6 heteroatoms. The van der Waals surface area contributed by atoms with E-state index in [4.69, 9.17) is 9.59 Å². The van der Waals surface area contributed by atoms with Crippen molar-refractivity contribution in [3.05, 3.63) is 97.9 Å². The van der Waals surface area contributed by atoms with E-state index in [1.807, 2.05) is 13.8 Å². The average Bonchev–Trinajstić information content (AvgIpc) is 3.70. The van der Waals surface area contributed by atoms with Crippen molar-refractivity contribution in [2.45, 2.75) is 79.6 Å². The molecule has 1 fully saturated rings. The van der Waals surface area contributed by atoms with E-state index < -0.39 is 7.26 Å². The van der Waals surface area contributed by atoms with Gasteiger partial charge in [-0.05, 0) is 43.3 Å². The van der Waals surface area contributed by atoms with Crippen LogP contribution in [-0.2, 0) is 31.5 Å². The molecule has 3 aromatic carbocycles.